The zero-order valence-electron chi connectivity index (χ0n) is 13.5. The fourth-order valence-corrected chi connectivity index (χ4v) is 3.21. The van der Waals surface area contributed by atoms with Crippen LogP contribution in [0.3, 0.4) is 0 Å². The fraction of sp³-hybridized carbons (Fsp3) is 0.353. The molecule has 1 aromatic carbocycles. The molecular weight excluding hydrogens is 439 g/mol. The number of oxime groups is 1. The fourth-order valence-electron chi connectivity index (χ4n) is 2.43. The quantitative estimate of drug-likeness (QED) is 0.185. The van der Waals surface area contributed by atoms with Crippen LogP contribution in [0.15, 0.2) is 40.0 Å². The SMILES string of the molecule is O=C(O)CC(CCCOCc1ccccc1)c1noc(C=NO)c1I. The summed E-state index contributed by atoms with van der Waals surface area (Å²) in [5.41, 5.74) is 1.67. The molecule has 0 radical (unpaired) electrons. The second-order valence-electron chi connectivity index (χ2n) is 5.47. The Bertz CT molecular complexity index is 702. The van der Waals surface area contributed by atoms with Crippen LogP contribution in [0.5, 0.6) is 0 Å². The zero-order valence-corrected chi connectivity index (χ0v) is 15.6. The molecule has 0 aliphatic heterocycles. The van der Waals surface area contributed by atoms with Crippen LogP contribution < -0.4 is 0 Å². The highest BCUT2D eigenvalue weighted by molar-refractivity contribution is 14.1. The van der Waals surface area contributed by atoms with Gasteiger partial charge in [0.05, 0.1) is 16.6 Å². The van der Waals surface area contributed by atoms with E-state index in [0.29, 0.717) is 41.1 Å². The summed E-state index contributed by atoms with van der Waals surface area (Å²) in [6.07, 6.45) is 2.41. The molecule has 2 aromatic rings. The molecule has 1 aromatic heterocycles. The van der Waals surface area contributed by atoms with Gasteiger partial charge in [-0.15, -0.1) is 0 Å². The lowest BCUT2D eigenvalue weighted by atomic mass is 9.96. The second-order valence-corrected chi connectivity index (χ2v) is 6.54. The van der Waals surface area contributed by atoms with Crippen LogP contribution in [0.2, 0.25) is 0 Å². The Morgan fingerprint density at radius 2 is 2.16 bits per heavy atom. The minimum atomic E-state index is -0.897. The van der Waals surface area contributed by atoms with E-state index in [4.69, 9.17) is 19.6 Å². The molecule has 134 valence electrons. The van der Waals surface area contributed by atoms with E-state index in [1.165, 1.54) is 0 Å². The third-order valence-electron chi connectivity index (χ3n) is 3.62. The highest BCUT2D eigenvalue weighted by Crippen LogP contribution is 2.29. The molecule has 0 bridgehead atoms. The predicted molar refractivity (Wildman–Crippen MR) is 98.9 cm³/mol. The Labute approximate surface area is 158 Å². The summed E-state index contributed by atoms with van der Waals surface area (Å²) >= 11 is 2.01. The molecule has 1 atom stereocenters. The van der Waals surface area contributed by atoms with Crippen molar-refractivity contribution >= 4 is 34.8 Å². The van der Waals surface area contributed by atoms with Gasteiger partial charge in [0, 0.05) is 12.5 Å². The molecular formula is C17H19IN2O5. The van der Waals surface area contributed by atoms with Crippen LogP contribution in [-0.4, -0.2) is 34.3 Å². The van der Waals surface area contributed by atoms with Gasteiger partial charge in [0.25, 0.3) is 0 Å². The van der Waals surface area contributed by atoms with Gasteiger partial charge in [-0.2, -0.15) is 0 Å². The number of ether oxygens (including phenoxy) is 1. The number of carboxylic acid groups (broad SMARTS) is 1. The van der Waals surface area contributed by atoms with Crippen molar-refractivity contribution < 1.29 is 24.4 Å². The maximum Gasteiger partial charge on any atom is 0.304 e. The maximum absolute atomic E-state index is 11.1. The lowest BCUT2D eigenvalue weighted by Crippen LogP contribution is -2.09. The van der Waals surface area contributed by atoms with E-state index in [1.807, 2.05) is 52.9 Å². The highest BCUT2D eigenvalue weighted by atomic mass is 127. The van der Waals surface area contributed by atoms with Crippen molar-refractivity contribution in [1.82, 2.24) is 5.16 Å². The van der Waals surface area contributed by atoms with E-state index in [2.05, 4.69) is 10.3 Å². The first kappa shape index (κ1) is 19.4. The number of aromatic nitrogens is 1. The monoisotopic (exact) mass is 458 g/mol. The van der Waals surface area contributed by atoms with Gasteiger partial charge in [-0.25, -0.2) is 0 Å². The molecule has 0 amide bonds. The third-order valence-corrected chi connectivity index (χ3v) is 4.70. The van der Waals surface area contributed by atoms with Gasteiger partial charge in [0.2, 0.25) is 0 Å². The maximum atomic E-state index is 11.1. The van der Waals surface area contributed by atoms with Crippen LogP contribution in [0.4, 0.5) is 0 Å². The van der Waals surface area contributed by atoms with Crippen LogP contribution in [0.1, 0.15) is 42.2 Å². The van der Waals surface area contributed by atoms with Gasteiger partial charge in [-0.1, -0.05) is 40.6 Å². The van der Waals surface area contributed by atoms with Crippen LogP contribution in [-0.2, 0) is 16.1 Å². The molecule has 8 heteroatoms. The van der Waals surface area contributed by atoms with Gasteiger partial charge in [-0.3, -0.25) is 4.79 Å². The average molecular weight is 458 g/mol. The van der Waals surface area contributed by atoms with Gasteiger partial charge in [0.1, 0.15) is 11.9 Å². The number of carboxylic acids is 1. The topological polar surface area (TPSA) is 105 Å². The molecule has 0 aliphatic carbocycles. The van der Waals surface area contributed by atoms with Crippen molar-refractivity contribution in [3.05, 3.63) is 50.9 Å². The number of benzene rings is 1. The van der Waals surface area contributed by atoms with Gasteiger partial charge < -0.3 is 19.6 Å². The first-order chi connectivity index (χ1) is 12.1. The smallest absolute Gasteiger partial charge is 0.304 e. The van der Waals surface area contributed by atoms with E-state index in [0.717, 1.165) is 11.8 Å². The van der Waals surface area contributed by atoms with Gasteiger partial charge >= 0.3 is 5.97 Å². The highest BCUT2D eigenvalue weighted by Gasteiger charge is 2.24. The molecule has 1 unspecified atom stereocenters. The molecule has 2 rings (SSSR count). The Balaban J connectivity index is 1.88. The number of halogens is 1. The predicted octanol–water partition coefficient (Wildman–Crippen LogP) is 3.64. The summed E-state index contributed by atoms with van der Waals surface area (Å²) in [4.78, 5) is 11.1. The molecule has 1 heterocycles. The van der Waals surface area contributed by atoms with Crippen molar-refractivity contribution in [2.24, 2.45) is 5.16 Å². The molecule has 2 N–H and O–H groups in total. The molecule has 7 nitrogen and oxygen atoms in total. The van der Waals surface area contributed by atoms with E-state index >= 15 is 0 Å². The molecule has 0 spiro atoms. The van der Waals surface area contributed by atoms with Crippen molar-refractivity contribution in [2.45, 2.75) is 31.8 Å². The Hall–Kier alpha value is -1.94. The van der Waals surface area contributed by atoms with E-state index < -0.39 is 5.97 Å². The van der Waals surface area contributed by atoms with Crippen LogP contribution >= 0.6 is 22.6 Å². The van der Waals surface area contributed by atoms with Crippen LogP contribution in [0.25, 0.3) is 0 Å². The first-order valence-electron chi connectivity index (χ1n) is 7.77. The molecule has 0 aliphatic rings. The lowest BCUT2D eigenvalue weighted by Gasteiger charge is -2.12. The average Bonchev–Trinajstić information content (AvgIpc) is 2.95. The molecule has 0 saturated heterocycles. The summed E-state index contributed by atoms with van der Waals surface area (Å²) in [7, 11) is 0. The number of carbonyl (C=O) groups is 1. The van der Waals surface area contributed by atoms with E-state index in [9.17, 15) is 4.79 Å². The van der Waals surface area contributed by atoms with Crippen molar-refractivity contribution in [2.75, 3.05) is 6.61 Å². The molecule has 25 heavy (non-hydrogen) atoms. The number of hydrogen-bond donors (Lipinski definition) is 2. The third kappa shape index (κ3) is 6.13. The van der Waals surface area contributed by atoms with Crippen molar-refractivity contribution in [3.8, 4) is 0 Å². The second kappa shape index (κ2) is 10.1. The standard InChI is InChI=1S/C17H19IN2O5/c18-16-14(10-19-23)25-20-17(16)13(9-15(21)22)7-4-8-24-11-12-5-2-1-3-6-12/h1-3,5-6,10,13,23H,4,7-9,11H2,(H,21,22). The Morgan fingerprint density at radius 3 is 2.84 bits per heavy atom. The zero-order chi connectivity index (χ0) is 18.1. The number of aliphatic carboxylic acids is 1. The van der Waals surface area contributed by atoms with Crippen molar-refractivity contribution in [1.29, 1.82) is 0 Å². The summed E-state index contributed by atoms with van der Waals surface area (Å²) in [6, 6.07) is 9.86. The van der Waals surface area contributed by atoms with E-state index in [1.54, 1.807) is 0 Å². The summed E-state index contributed by atoms with van der Waals surface area (Å²) < 4.78 is 11.4. The van der Waals surface area contributed by atoms with Crippen LogP contribution in [0, 0.1) is 3.57 Å². The molecule has 0 fully saturated rings. The largest absolute Gasteiger partial charge is 0.481 e. The van der Waals surface area contributed by atoms with E-state index in [-0.39, 0.29) is 12.3 Å². The van der Waals surface area contributed by atoms with Crippen molar-refractivity contribution in [3.63, 3.8) is 0 Å². The first-order valence-corrected chi connectivity index (χ1v) is 8.85. The van der Waals surface area contributed by atoms with Gasteiger partial charge in [0.15, 0.2) is 5.76 Å². The summed E-state index contributed by atoms with van der Waals surface area (Å²) in [5, 5.41) is 24.6. The number of hydrogen-bond acceptors (Lipinski definition) is 6. The number of nitrogens with zero attached hydrogens (tertiary/aromatic N) is 2. The Kier molecular flexibility index (Phi) is 7.86. The lowest BCUT2D eigenvalue weighted by molar-refractivity contribution is -0.137. The minimum absolute atomic E-state index is 0.0447. The van der Waals surface area contributed by atoms with Gasteiger partial charge in [-0.05, 0) is 41.0 Å². The minimum Gasteiger partial charge on any atom is -0.481 e. The normalized spacial score (nSPS) is 12.5. The number of rotatable bonds is 10. The molecule has 0 saturated carbocycles. The Morgan fingerprint density at radius 1 is 1.40 bits per heavy atom. The summed E-state index contributed by atoms with van der Waals surface area (Å²) in [5.74, 6) is -0.866. The summed E-state index contributed by atoms with van der Waals surface area (Å²) in [6.45, 7) is 1.06.